The molecule has 148 valence electrons. The zero-order valence-electron chi connectivity index (χ0n) is 15.9. The van der Waals surface area contributed by atoms with Crippen LogP contribution >= 0.6 is 0 Å². The number of nitrogens with one attached hydrogen (secondary N) is 1. The van der Waals surface area contributed by atoms with E-state index in [4.69, 9.17) is 15.5 Å². The fraction of sp³-hybridized carbons (Fsp3) is 0.217. The number of para-hydroxylation sites is 1. The van der Waals surface area contributed by atoms with Crippen LogP contribution in [-0.4, -0.2) is 35.2 Å². The van der Waals surface area contributed by atoms with Gasteiger partial charge in [-0.3, -0.25) is 9.78 Å². The van der Waals surface area contributed by atoms with Crippen LogP contribution in [0, 0.1) is 0 Å². The Kier molecular flexibility index (Phi) is 5.55. The van der Waals surface area contributed by atoms with E-state index < -0.39 is 12.0 Å². The van der Waals surface area contributed by atoms with Crippen LogP contribution in [0.15, 0.2) is 66.7 Å². The predicted molar refractivity (Wildman–Crippen MR) is 111 cm³/mol. The SMILES string of the molecule is NC(=O)c1ccc(C2CCNCC2O)nc1-c1ccc(Oc2ccccc2)cc1. The normalized spacial score (nSPS) is 18.9. The number of hydrogen-bond donors (Lipinski definition) is 3. The molecule has 4 N–H and O–H groups in total. The third kappa shape index (κ3) is 4.29. The molecule has 1 fully saturated rings. The smallest absolute Gasteiger partial charge is 0.250 e. The predicted octanol–water partition coefficient (Wildman–Crippen LogP) is 3.08. The van der Waals surface area contributed by atoms with Crippen LogP contribution in [0.4, 0.5) is 0 Å². The van der Waals surface area contributed by atoms with Crippen LogP contribution in [0.3, 0.4) is 0 Å². The minimum absolute atomic E-state index is 0.0717. The largest absolute Gasteiger partial charge is 0.457 e. The topological polar surface area (TPSA) is 97.5 Å². The number of piperidine rings is 1. The Balaban J connectivity index is 1.65. The first-order chi connectivity index (χ1) is 14.1. The number of primary amides is 1. The van der Waals surface area contributed by atoms with Gasteiger partial charge in [-0.25, -0.2) is 0 Å². The molecule has 2 heterocycles. The van der Waals surface area contributed by atoms with E-state index in [1.165, 1.54) is 0 Å². The van der Waals surface area contributed by atoms with Gasteiger partial charge >= 0.3 is 0 Å². The molecule has 1 aliphatic heterocycles. The second-order valence-electron chi connectivity index (χ2n) is 7.10. The van der Waals surface area contributed by atoms with Crippen molar-refractivity contribution in [3.05, 3.63) is 78.0 Å². The van der Waals surface area contributed by atoms with Gasteiger partial charge in [-0.15, -0.1) is 0 Å². The number of ether oxygens (including phenoxy) is 1. The third-order valence-electron chi connectivity index (χ3n) is 5.12. The molecule has 6 nitrogen and oxygen atoms in total. The zero-order valence-corrected chi connectivity index (χ0v) is 15.9. The summed E-state index contributed by atoms with van der Waals surface area (Å²) < 4.78 is 5.83. The number of β-amino-alcohol motifs (C(OH)–C–C–N with tert-alkyl or cyclic N) is 1. The summed E-state index contributed by atoms with van der Waals surface area (Å²) in [4.78, 5) is 16.7. The maximum Gasteiger partial charge on any atom is 0.250 e. The number of carbonyl (C=O) groups is 1. The molecular weight excluding hydrogens is 366 g/mol. The highest BCUT2D eigenvalue weighted by atomic mass is 16.5. The molecule has 1 aliphatic rings. The molecule has 0 spiro atoms. The number of nitrogens with zero attached hydrogens (tertiary/aromatic N) is 1. The fourth-order valence-corrected chi connectivity index (χ4v) is 3.59. The molecule has 2 aromatic carbocycles. The van der Waals surface area contributed by atoms with Crippen LogP contribution in [-0.2, 0) is 0 Å². The van der Waals surface area contributed by atoms with Gasteiger partial charge in [0.2, 0.25) is 0 Å². The summed E-state index contributed by atoms with van der Waals surface area (Å²) in [5, 5.41) is 13.5. The molecular formula is C23H23N3O3. The summed E-state index contributed by atoms with van der Waals surface area (Å²) in [5.74, 6) is 0.829. The van der Waals surface area contributed by atoms with E-state index in [1.807, 2.05) is 54.6 Å². The van der Waals surface area contributed by atoms with Gasteiger partial charge < -0.3 is 20.9 Å². The summed E-state index contributed by atoms with van der Waals surface area (Å²) in [7, 11) is 0. The second kappa shape index (κ2) is 8.43. The van der Waals surface area contributed by atoms with Gasteiger partial charge in [0.15, 0.2) is 0 Å². The summed E-state index contributed by atoms with van der Waals surface area (Å²) in [5.41, 5.74) is 7.99. The number of hydrogen-bond acceptors (Lipinski definition) is 5. The summed E-state index contributed by atoms with van der Waals surface area (Å²) >= 11 is 0. The number of rotatable bonds is 5. The van der Waals surface area contributed by atoms with Gasteiger partial charge in [0.05, 0.1) is 17.4 Å². The van der Waals surface area contributed by atoms with Gasteiger partial charge in [0, 0.05) is 23.7 Å². The van der Waals surface area contributed by atoms with E-state index in [2.05, 4.69) is 5.32 Å². The Labute approximate surface area is 169 Å². The molecule has 3 aromatic rings. The average Bonchev–Trinajstić information content (AvgIpc) is 2.75. The number of aromatic nitrogens is 1. The standard InChI is InChI=1S/C23H23N3O3/c24-23(28)19-10-11-20(18-12-13-25-14-21(18)27)26-22(19)15-6-8-17(9-7-15)29-16-4-2-1-3-5-16/h1-11,18,21,25,27H,12-14H2,(H2,24,28). The maximum absolute atomic E-state index is 12.0. The van der Waals surface area contributed by atoms with Crippen molar-refractivity contribution in [2.24, 2.45) is 5.73 Å². The third-order valence-corrected chi connectivity index (χ3v) is 5.12. The fourth-order valence-electron chi connectivity index (χ4n) is 3.59. The molecule has 1 aromatic heterocycles. The summed E-state index contributed by atoms with van der Waals surface area (Å²) in [6.45, 7) is 1.35. The first-order valence-corrected chi connectivity index (χ1v) is 9.64. The molecule has 4 rings (SSSR count). The first kappa shape index (κ1) is 19.1. The van der Waals surface area contributed by atoms with Gasteiger partial charge in [0.1, 0.15) is 11.5 Å². The molecule has 0 aliphatic carbocycles. The number of aliphatic hydroxyl groups excluding tert-OH is 1. The van der Waals surface area contributed by atoms with Crippen molar-refractivity contribution in [2.75, 3.05) is 13.1 Å². The van der Waals surface area contributed by atoms with Crippen molar-refractivity contribution < 1.29 is 14.6 Å². The molecule has 6 heteroatoms. The lowest BCUT2D eigenvalue weighted by atomic mass is 9.90. The molecule has 2 unspecified atom stereocenters. The highest BCUT2D eigenvalue weighted by Crippen LogP contribution is 2.30. The Bertz CT molecular complexity index is 990. The van der Waals surface area contributed by atoms with Crippen molar-refractivity contribution in [1.82, 2.24) is 10.3 Å². The van der Waals surface area contributed by atoms with Crippen molar-refractivity contribution in [2.45, 2.75) is 18.4 Å². The minimum atomic E-state index is -0.533. The van der Waals surface area contributed by atoms with Crippen LogP contribution in [0.1, 0.15) is 28.4 Å². The molecule has 0 radical (unpaired) electrons. The quantitative estimate of drug-likeness (QED) is 0.623. The van der Waals surface area contributed by atoms with E-state index in [-0.39, 0.29) is 5.92 Å². The highest BCUT2D eigenvalue weighted by Gasteiger charge is 2.26. The number of nitrogens with two attached hydrogens (primary N) is 1. The lowest BCUT2D eigenvalue weighted by molar-refractivity contribution is 0.100. The Morgan fingerprint density at radius 3 is 2.45 bits per heavy atom. The lowest BCUT2D eigenvalue weighted by Gasteiger charge is -2.28. The van der Waals surface area contributed by atoms with Gasteiger partial charge in [-0.1, -0.05) is 18.2 Å². The van der Waals surface area contributed by atoms with E-state index in [0.717, 1.165) is 30.0 Å². The van der Waals surface area contributed by atoms with Crippen LogP contribution in [0.2, 0.25) is 0 Å². The highest BCUT2D eigenvalue weighted by molar-refractivity contribution is 5.98. The van der Waals surface area contributed by atoms with Crippen LogP contribution in [0.5, 0.6) is 11.5 Å². The Morgan fingerprint density at radius 1 is 1.03 bits per heavy atom. The summed E-state index contributed by atoms with van der Waals surface area (Å²) in [6.07, 6.45) is 0.276. The minimum Gasteiger partial charge on any atom is -0.457 e. The van der Waals surface area contributed by atoms with E-state index >= 15 is 0 Å². The first-order valence-electron chi connectivity index (χ1n) is 9.64. The van der Waals surface area contributed by atoms with Crippen LogP contribution in [0.25, 0.3) is 11.3 Å². The van der Waals surface area contributed by atoms with E-state index in [9.17, 15) is 9.90 Å². The maximum atomic E-state index is 12.0. The van der Waals surface area contributed by atoms with Crippen molar-refractivity contribution in [3.63, 3.8) is 0 Å². The average molecular weight is 389 g/mol. The van der Waals surface area contributed by atoms with Gasteiger partial charge in [-0.05, 0) is 61.5 Å². The monoisotopic (exact) mass is 389 g/mol. The van der Waals surface area contributed by atoms with Gasteiger partial charge in [-0.2, -0.15) is 0 Å². The Morgan fingerprint density at radius 2 is 1.76 bits per heavy atom. The number of carbonyl (C=O) groups excluding carboxylic acids is 1. The number of benzene rings is 2. The Hall–Kier alpha value is -3.22. The van der Waals surface area contributed by atoms with E-state index in [0.29, 0.717) is 23.6 Å². The van der Waals surface area contributed by atoms with Crippen molar-refractivity contribution in [1.29, 1.82) is 0 Å². The van der Waals surface area contributed by atoms with Gasteiger partial charge in [0.25, 0.3) is 5.91 Å². The van der Waals surface area contributed by atoms with Crippen LogP contribution < -0.4 is 15.8 Å². The number of aliphatic hydroxyl groups is 1. The second-order valence-corrected chi connectivity index (χ2v) is 7.10. The molecule has 1 amide bonds. The molecule has 0 bridgehead atoms. The molecule has 0 saturated carbocycles. The zero-order chi connectivity index (χ0) is 20.2. The van der Waals surface area contributed by atoms with Crippen molar-refractivity contribution in [3.8, 4) is 22.8 Å². The molecule has 1 saturated heterocycles. The summed E-state index contributed by atoms with van der Waals surface area (Å²) in [6, 6.07) is 20.4. The van der Waals surface area contributed by atoms with Crippen molar-refractivity contribution >= 4 is 5.91 Å². The number of amides is 1. The molecule has 2 atom stereocenters. The molecule has 29 heavy (non-hydrogen) atoms. The number of pyridine rings is 1. The lowest BCUT2D eigenvalue weighted by Crippen LogP contribution is -2.39. The van der Waals surface area contributed by atoms with E-state index in [1.54, 1.807) is 12.1 Å².